The summed E-state index contributed by atoms with van der Waals surface area (Å²) in [6.45, 7) is 8.48. The number of nitrogens with zero attached hydrogens (tertiary/aromatic N) is 2. The molecule has 2 saturated heterocycles. The molecule has 0 bridgehead atoms. The largest absolute Gasteiger partial charge is 0.507 e. The van der Waals surface area contributed by atoms with E-state index >= 15 is 0 Å². The van der Waals surface area contributed by atoms with Crippen LogP contribution in [0.2, 0.25) is 0 Å². The number of halogens is 1. The van der Waals surface area contributed by atoms with Crippen molar-refractivity contribution in [3.05, 3.63) is 76.6 Å². The second-order valence-electron chi connectivity index (χ2n) is 9.13. The van der Waals surface area contributed by atoms with Crippen LogP contribution in [-0.2, 0) is 14.3 Å². The van der Waals surface area contributed by atoms with E-state index in [-0.39, 0.29) is 11.3 Å². The average molecular weight is 467 g/mol. The molecule has 2 aromatic rings. The van der Waals surface area contributed by atoms with E-state index in [4.69, 9.17) is 4.74 Å². The molecule has 4 rings (SSSR count). The normalized spacial score (nSPS) is 20.9. The molecule has 0 spiro atoms. The fraction of sp³-hybridized carbons (Fsp3) is 0.407. The van der Waals surface area contributed by atoms with Gasteiger partial charge in [-0.2, -0.15) is 0 Å². The van der Waals surface area contributed by atoms with E-state index in [1.165, 1.54) is 24.3 Å². The highest BCUT2D eigenvalue weighted by atomic mass is 19.1. The lowest BCUT2D eigenvalue weighted by atomic mass is 9.93. The monoisotopic (exact) mass is 466 g/mol. The summed E-state index contributed by atoms with van der Waals surface area (Å²) in [6, 6.07) is 12.4. The zero-order valence-electron chi connectivity index (χ0n) is 19.7. The number of ketones is 1. The molecule has 2 aliphatic rings. The van der Waals surface area contributed by atoms with Crippen molar-refractivity contribution in [1.29, 1.82) is 0 Å². The van der Waals surface area contributed by atoms with Crippen LogP contribution in [-0.4, -0.2) is 66.0 Å². The maximum absolute atomic E-state index is 13.4. The molecule has 34 heavy (non-hydrogen) atoms. The number of aliphatic hydroxyl groups is 1. The third-order valence-corrected chi connectivity index (χ3v) is 6.55. The van der Waals surface area contributed by atoms with Crippen molar-refractivity contribution in [3.63, 3.8) is 0 Å². The second-order valence-corrected chi connectivity index (χ2v) is 9.13. The number of Topliss-reactive ketones (excluding diaryl/α,β-unsaturated/α-hetero) is 1. The topological polar surface area (TPSA) is 70.1 Å². The molecule has 2 aromatic carbocycles. The zero-order chi connectivity index (χ0) is 24.2. The third-order valence-electron chi connectivity index (χ3n) is 6.55. The third kappa shape index (κ3) is 5.05. The van der Waals surface area contributed by atoms with Crippen LogP contribution in [0.1, 0.15) is 48.9 Å². The first-order valence-corrected chi connectivity index (χ1v) is 11.8. The van der Waals surface area contributed by atoms with Crippen molar-refractivity contribution in [1.82, 2.24) is 9.80 Å². The Morgan fingerprint density at radius 2 is 1.68 bits per heavy atom. The summed E-state index contributed by atoms with van der Waals surface area (Å²) >= 11 is 0. The van der Waals surface area contributed by atoms with Gasteiger partial charge in [0.05, 0.1) is 24.8 Å². The molecular weight excluding hydrogens is 435 g/mol. The van der Waals surface area contributed by atoms with Gasteiger partial charge in [0, 0.05) is 31.7 Å². The van der Waals surface area contributed by atoms with Crippen LogP contribution in [0.3, 0.4) is 0 Å². The molecule has 2 heterocycles. The fourth-order valence-corrected chi connectivity index (χ4v) is 4.57. The number of morpholine rings is 1. The maximum Gasteiger partial charge on any atom is 0.295 e. The first-order valence-electron chi connectivity index (χ1n) is 11.8. The first kappa shape index (κ1) is 24.1. The molecule has 0 radical (unpaired) electrons. The maximum atomic E-state index is 13.4. The van der Waals surface area contributed by atoms with Crippen molar-refractivity contribution in [2.75, 3.05) is 39.4 Å². The van der Waals surface area contributed by atoms with Gasteiger partial charge in [0.1, 0.15) is 11.6 Å². The lowest BCUT2D eigenvalue weighted by molar-refractivity contribution is -0.140. The number of amides is 1. The standard InChI is InChI=1S/C27H31FN2O4/c1-18(2)19-4-6-20(7-5-19)24-23(25(31)21-8-10-22(28)11-9-21)26(32)27(33)30(24)13-3-12-29-14-16-34-17-15-29/h4-11,18,24,31H,3,12-17H2,1-2H3/b25-23+/t24-/m0/s1. The quantitative estimate of drug-likeness (QED) is 0.378. The molecule has 1 amide bonds. The molecule has 0 aromatic heterocycles. The van der Waals surface area contributed by atoms with Gasteiger partial charge in [-0.05, 0) is 47.7 Å². The summed E-state index contributed by atoms with van der Waals surface area (Å²) in [5, 5.41) is 11.1. The predicted octanol–water partition coefficient (Wildman–Crippen LogP) is 4.09. The summed E-state index contributed by atoms with van der Waals surface area (Å²) in [4.78, 5) is 30.0. The Balaban J connectivity index is 1.67. The molecule has 180 valence electrons. The minimum absolute atomic E-state index is 0.0419. The Morgan fingerprint density at radius 3 is 2.29 bits per heavy atom. The number of carbonyl (C=O) groups is 2. The molecule has 7 heteroatoms. The van der Waals surface area contributed by atoms with Gasteiger partial charge in [-0.3, -0.25) is 14.5 Å². The van der Waals surface area contributed by atoms with Crippen LogP contribution in [0.5, 0.6) is 0 Å². The van der Waals surface area contributed by atoms with Crippen LogP contribution >= 0.6 is 0 Å². The minimum Gasteiger partial charge on any atom is -0.507 e. The van der Waals surface area contributed by atoms with E-state index in [0.29, 0.717) is 37.7 Å². The number of rotatable bonds is 7. The average Bonchev–Trinajstić information content (AvgIpc) is 3.10. The highest BCUT2D eigenvalue weighted by Gasteiger charge is 2.45. The number of hydrogen-bond donors (Lipinski definition) is 1. The molecular formula is C27H31FN2O4. The van der Waals surface area contributed by atoms with Crippen LogP contribution in [0.25, 0.3) is 5.76 Å². The number of aliphatic hydroxyl groups excluding tert-OH is 1. The van der Waals surface area contributed by atoms with Gasteiger partial charge in [-0.25, -0.2) is 4.39 Å². The smallest absolute Gasteiger partial charge is 0.295 e. The van der Waals surface area contributed by atoms with Crippen LogP contribution in [0.15, 0.2) is 54.1 Å². The summed E-state index contributed by atoms with van der Waals surface area (Å²) in [5.41, 5.74) is 2.25. The lowest BCUT2D eigenvalue weighted by Gasteiger charge is -2.29. The van der Waals surface area contributed by atoms with E-state index in [0.717, 1.165) is 30.8 Å². The van der Waals surface area contributed by atoms with E-state index in [2.05, 4.69) is 18.7 Å². The van der Waals surface area contributed by atoms with Crippen molar-refractivity contribution in [3.8, 4) is 0 Å². The van der Waals surface area contributed by atoms with Crippen LogP contribution in [0, 0.1) is 5.82 Å². The number of ether oxygens (including phenoxy) is 1. The zero-order valence-corrected chi connectivity index (χ0v) is 19.7. The van der Waals surface area contributed by atoms with Gasteiger partial charge < -0.3 is 14.7 Å². The Morgan fingerprint density at radius 1 is 1.03 bits per heavy atom. The SMILES string of the molecule is CC(C)c1ccc([C@H]2/C(=C(\O)c3ccc(F)cc3)C(=O)C(=O)N2CCCN2CCOCC2)cc1. The van der Waals surface area contributed by atoms with Gasteiger partial charge in [0.25, 0.3) is 11.7 Å². The van der Waals surface area contributed by atoms with Crippen molar-refractivity contribution >= 4 is 17.4 Å². The summed E-state index contributed by atoms with van der Waals surface area (Å²) < 4.78 is 18.8. The van der Waals surface area contributed by atoms with E-state index in [1.807, 2.05) is 24.3 Å². The molecule has 1 N–H and O–H groups in total. The predicted molar refractivity (Wildman–Crippen MR) is 128 cm³/mol. The number of benzene rings is 2. The molecule has 2 fully saturated rings. The Hall–Kier alpha value is -3.03. The van der Waals surface area contributed by atoms with Crippen LogP contribution < -0.4 is 0 Å². The lowest BCUT2D eigenvalue weighted by Crippen LogP contribution is -2.38. The second kappa shape index (κ2) is 10.5. The van der Waals surface area contributed by atoms with Gasteiger partial charge in [-0.15, -0.1) is 0 Å². The summed E-state index contributed by atoms with van der Waals surface area (Å²) in [6.07, 6.45) is 0.699. The molecule has 1 atom stereocenters. The highest BCUT2D eigenvalue weighted by Crippen LogP contribution is 2.39. The van der Waals surface area contributed by atoms with Crippen molar-refractivity contribution in [2.24, 2.45) is 0 Å². The Bertz CT molecular complexity index is 1060. The highest BCUT2D eigenvalue weighted by molar-refractivity contribution is 6.46. The fourth-order valence-electron chi connectivity index (χ4n) is 4.57. The molecule has 0 aliphatic carbocycles. The van der Waals surface area contributed by atoms with E-state index < -0.39 is 23.5 Å². The van der Waals surface area contributed by atoms with Gasteiger partial charge in [0.2, 0.25) is 0 Å². The molecule has 6 nitrogen and oxygen atoms in total. The first-order chi connectivity index (χ1) is 16.4. The summed E-state index contributed by atoms with van der Waals surface area (Å²) in [5.74, 6) is -1.73. The van der Waals surface area contributed by atoms with E-state index in [9.17, 15) is 19.1 Å². The minimum atomic E-state index is -0.717. The number of carbonyl (C=O) groups excluding carboxylic acids is 2. The molecule has 2 aliphatic heterocycles. The molecule has 0 unspecified atom stereocenters. The van der Waals surface area contributed by atoms with Gasteiger partial charge >= 0.3 is 0 Å². The Labute approximate surface area is 199 Å². The van der Waals surface area contributed by atoms with Crippen molar-refractivity contribution in [2.45, 2.75) is 32.2 Å². The van der Waals surface area contributed by atoms with E-state index in [1.54, 1.807) is 4.90 Å². The number of likely N-dealkylation sites (tertiary alicyclic amines) is 1. The van der Waals surface area contributed by atoms with Gasteiger partial charge in [0.15, 0.2) is 0 Å². The van der Waals surface area contributed by atoms with Crippen LogP contribution in [0.4, 0.5) is 4.39 Å². The van der Waals surface area contributed by atoms with Gasteiger partial charge in [-0.1, -0.05) is 38.1 Å². The summed E-state index contributed by atoms with van der Waals surface area (Å²) in [7, 11) is 0. The molecule has 0 saturated carbocycles. The number of hydrogen-bond acceptors (Lipinski definition) is 5. The Kier molecular flexibility index (Phi) is 7.44. The van der Waals surface area contributed by atoms with Crippen molar-refractivity contribution < 1.29 is 23.8 Å².